The van der Waals surface area contributed by atoms with Gasteiger partial charge in [-0.3, -0.25) is 4.99 Å². The minimum atomic E-state index is -0.341. The van der Waals surface area contributed by atoms with Gasteiger partial charge in [-0.2, -0.15) is 0 Å². The second-order valence-corrected chi connectivity index (χ2v) is 5.87. The van der Waals surface area contributed by atoms with E-state index >= 15 is 0 Å². The van der Waals surface area contributed by atoms with Gasteiger partial charge in [0.15, 0.2) is 5.96 Å². The van der Waals surface area contributed by atoms with Crippen LogP contribution in [0.15, 0.2) is 47.5 Å². The summed E-state index contributed by atoms with van der Waals surface area (Å²) >= 11 is 0. The van der Waals surface area contributed by atoms with Crippen molar-refractivity contribution in [3.63, 3.8) is 0 Å². The van der Waals surface area contributed by atoms with Crippen LogP contribution < -0.4 is 10.6 Å². The summed E-state index contributed by atoms with van der Waals surface area (Å²) in [5.74, 6) is 0.103. The van der Waals surface area contributed by atoms with Gasteiger partial charge in [0.05, 0.1) is 12.7 Å². The highest BCUT2D eigenvalue weighted by atomic mass is 19.1. The van der Waals surface area contributed by atoms with Crippen LogP contribution in [0.5, 0.6) is 0 Å². The summed E-state index contributed by atoms with van der Waals surface area (Å²) in [5, 5.41) is 6.38. The van der Waals surface area contributed by atoms with Crippen LogP contribution in [-0.2, 0) is 17.7 Å². The number of benzene rings is 2. The Bertz CT molecular complexity index is 773. The first-order valence-corrected chi connectivity index (χ1v) is 8.40. The van der Waals surface area contributed by atoms with E-state index in [-0.39, 0.29) is 11.8 Å². The van der Waals surface area contributed by atoms with Crippen molar-refractivity contribution in [1.82, 2.24) is 10.6 Å². The molecule has 0 saturated carbocycles. The predicted molar refractivity (Wildman–Crippen MR) is 101 cm³/mol. The van der Waals surface area contributed by atoms with E-state index in [1.54, 1.807) is 32.2 Å². The lowest BCUT2D eigenvalue weighted by Gasteiger charge is -2.12. The Morgan fingerprint density at radius 3 is 2.42 bits per heavy atom. The molecule has 6 heteroatoms. The molecule has 0 unspecified atom stereocenters. The number of ether oxygens (including phenoxy) is 1. The van der Waals surface area contributed by atoms with E-state index in [1.165, 1.54) is 13.2 Å². The van der Waals surface area contributed by atoms with E-state index in [0.717, 1.165) is 17.5 Å². The minimum absolute atomic E-state index is 0.206. The van der Waals surface area contributed by atoms with Gasteiger partial charge in [0, 0.05) is 20.1 Å². The molecule has 0 fully saturated rings. The van der Waals surface area contributed by atoms with Crippen LogP contribution >= 0.6 is 0 Å². The molecule has 26 heavy (non-hydrogen) atoms. The Morgan fingerprint density at radius 2 is 1.81 bits per heavy atom. The van der Waals surface area contributed by atoms with Gasteiger partial charge in [0.25, 0.3) is 0 Å². The third-order valence-corrected chi connectivity index (χ3v) is 4.00. The van der Waals surface area contributed by atoms with Gasteiger partial charge in [0.2, 0.25) is 0 Å². The standard InChI is InChI=1S/C20H24FN3O2/c1-14-4-5-16(12-18(14)21)13-24-20(22-2)23-11-10-15-6-8-17(9-7-15)19(25)26-3/h4-9,12H,10-11,13H2,1-3H3,(H2,22,23,24). The van der Waals surface area contributed by atoms with Crippen LogP contribution in [-0.4, -0.2) is 32.6 Å². The van der Waals surface area contributed by atoms with Crippen molar-refractivity contribution >= 4 is 11.9 Å². The van der Waals surface area contributed by atoms with E-state index in [9.17, 15) is 9.18 Å². The molecule has 0 aromatic heterocycles. The number of rotatable bonds is 6. The topological polar surface area (TPSA) is 62.7 Å². The monoisotopic (exact) mass is 357 g/mol. The summed E-state index contributed by atoms with van der Waals surface area (Å²) in [6.45, 7) is 2.91. The Kier molecular flexibility index (Phi) is 7.14. The zero-order chi connectivity index (χ0) is 18.9. The lowest BCUT2D eigenvalue weighted by molar-refractivity contribution is 0.0600. The summed E-state index contributed by atoms with van der Waals surface area (Å²) in [4.78, 5) is 15.6. The highest BCUT2D eigenvalue weighted by molar-refractivity contribution is 5.89. The summed E-state index contributed by atoms with van der Waals surface area (Å²) in [6, 6.07) is 12.5. The maximum atomic E-state index is 13.6. The molecule has 2 aromatic carbocycles. The van der Waals surface area contributed by atoms with E-state index in [0.29, 0.717) is 30.2 Å². The molecule has 0 atom stereocenters. The number of carbonyl (C=O) groups excluding carboxylic acids is 1. The number of aryl methyl sites for hydroxylation is 1. The number of carbonyl (C=O) groups is 1. The van der Waals surface area contributed by atoms with Crippen molar-refractivity contribution in [1.29, 1.82) is 0 Å². The Balaban J connectivity index is 1.79. The third kappa shape index (κ3) is 5.58. The molecular weight excluding hydrogens is 333 g/mol. The van der Waals surface area contributed by atoms with Gasteiger partial charge in [-0.1, -0.05) is 24.3 Å². The fraction of sp³-hybridized carbons (Fsp3) is 0.300. The summed E-state index contributed by atoms with van der Waals surface area (Å²) < 4.78 is 18.3. The van der Waals surface area contributed by atoms with Crippen molar-refractivity contribution < 1.29 is 13.9 Å². The van der Waals surface area contributed by atoms with Crippen molar-refractivity contribution in [2.24, 2.45) is 4.99 Å². The number of hydrogen-bond donors (Lipinski definition) is 2. The Hall–Kier alpha value is -2.89. The second kappa shape index (κ2) is 9.56. The number of aliphatic imine (C=N–C) groups is 1. The molecule has 0 amide bonds. The van der Waals surface area contributed by atoms with Crippen LogP contribution in [0.25, 0.3) is 0 Å². The highest BCUT2D eigenvalue weighted by Gasteiger charge is 2.05. The molecule has 0 aliphatic heterocycles. The van der Waals surface area contributed by atoms with E-state index in [1.807, 2.05) is 18.2 Å². The number of hydrogen-bond acceptors (Lipinski definition) is 3. The molecule has 138 valence electrons. The van der Waals surface area contributed by atoms with Crippen LogP contribution in [0.1, 0.15) is 27.0 Å². The van der Waals surface area contributed by atoms with Gasteiger partial charge >= 0.3 is 5.97 Å². The molecular formula is C20H24FN3O2. The second-order valence-electron chi connectivity index (χ2n) is 5.87. The van der Waals surface area contributed by atoms with Gasteiger partial charge in [-0.25, -0.2) is 9.18 Å². The molecule has 0 bridgehead atoms. The van der Waals surface area contributed by atoms with Crippen LogP contribution in [0.3, 0.4) is 0 Å². The molecule has 0 radical (unpaired) electrons. The Morgan fingerprint density at radius 1 is 1.12 bits per heavy atom. The molecule has 0 heterocycles. The highest BCUT2D eigenvalue weighted by Crippen LogP contribution is 2.09. The number of halogens is 1. The summed E-state index contributed by atoms with van der Waals surface area (Å²) in [5.41, 5.74) is 3.12. The van der Waals surface area contributed by atoms with Crippen molar-refractivity contribution in [3.8, 4) is 0 Å². The summed E-state index contributed by atoms with van der Waals surface area (Å²) in [7, 11) is 3.06. The maximum Gasteiger partial charge on any atom is 0.337 e. The SMILES string of the molecule is CN=C(NCCc1ccc(C(=O)OC)cc1)NCc1ccc(C)c(F)c1. The van der Waals surface area contributed by atoms with Crippen LogP contribution in [0.2, 0.25) is 0 Å². The van der Waals surface area contributed by atoms with Crippen molar-refractivity contribution in [3.05, 3.63) is 70.5 Å². The van der Waals surface area contributed by atoms with E-state index < -0.39 is 0 Å². The lowest BCUT2D eigenvalue weighted by Crippen LogP contribution is -2.37. The number of esters is 1. The molecule has 5 nitrogen and oxygen atoms in total. The van der Waals surface area contributed by atoms with Gasteiger partial charge in [-0.15, -0.1) is 0 Å². The number of guanidine groups is 1. The molecule has 0 aliphatic carbocycles. The average Bonchev–Trinajstić information content (AvgIpc) is 2.67. The Labute approximate surface area is 153 Å². The molecule has 0 spiro atoms. The fourth-order valence-corrected chi connectivity index (χ4v) is 2.40. The quantitative estimate of drug-likeness (QED) is 0.474. The number of nitrogens with one attached hydrogen (secondary N) is 2. The minimum Gasteiger partial charge on any atom is -0.465 e. The van der Waals surface area contributed by atoms with Gasteiger partial charge < -0.3 is 15.4 Å². The van der Waals surface area contributed by atoms with Gasteiger partial charge in [-0.05, 0) is 48.2 Å². The molecule has 2 rings (SSSR count). The van der Waals surface area contributed by atoms with Crippen LogP contribution in [0, 0.1) is 12.7 Å². The number of nitrogens with zero attached hydrogens (tertiary/aromatic N) is 1. The fourth-order valence-electron chi connectivity index (χ4n) is 2.40. The molecule has 0 saturated heterocycles. The zero-order valence-corrected chi connectivity index (χ0v) is 15.3. The first-order chi connectivity index (χ1) is 12.5. The largest absolute Gasteiger partial charge is 0.465 e. The number of methoxy groups -OCH3 is 1. The predicted octanol–water partition coefficient (Wildman–Crippen LogP) is 2.83. The first-order valence-electron chi connectivity index (χ1n) is 8.40. The lowest BCUT2D eigenvalue weighted by atomic mass is 10.1. The van der Waals surface area contributed by atoms with E-state index in [2.05, 4.69) is 20.4 Å². The smallest absolute Gasteiger partial charge is 0.337 e. The third-order valence-electron chi connectivity index (χ3n) is 4.00. The summed E-state index contributed by atoms with van der Waals surface area (Å²) in [6.07, 6.45) is 0.779. The molecule has 2 N–H and O–H groups in total. The van der Waals surface area contributed by atoms with Crippen LogP contribution in [0.4, 0.5) is 4.39 Å². The average molecular weight is 357 g/mol. The van der Waals surface area contributed by atoms with Gasteiger partial charge in [0.1, 0.15) is 5.82 Å². The van der Waals surface area contributed by atoms with Crippen molar-refractivity contribution in [2.75, 3.05) is 20.7 Å². The molecule has 2 aromatic rings. The maximum absolute atomic E-state index is 13.6. The van der Waals surface area contributed by atoms with E-state index in [4.69, 9.17) is 0 Å². The zero-order valence-electron chi connectivity index (χ0n) is 15.3. The molecule has 0 aliphatic rings. The van der Waals surface area contributed by atoms with Crippen molar-refractivity contribution in [2.45, 2.75) is 19.9 Å². The first kappa shape index (κ1) is 19.4. The normalized spacial score (nSPS) is 11.2.